The van der Waals surface area contributed by atoms with Gasteiger partial charge in [-0.1, -0.05) is 0 Å². The zero-order valence-corrected chi connectivity index (χ0v) is 8.12. The highest BCUT2D eigenvalue weighted by atomic mass is 79.9. The topological polar surface area (TPSA) is 35.6 Å². The summed E-state index contributed by atoms with van der Waals surface area (Å²) in [5.41, 5.74) is 1.80. The molecule has 0 fully saturated rings. The Morgan fingerprint density at radius 2 is 2.42 bits per heavy atom. The van der Waals surface area contributed by atoms with Crippen LogP contribution in [-0.4, -0.2) is 28.0 Å². The van der Waals surface area contributed by atoms with Crippen molar-refractivity contribution in [1.29, 1.82) is 0 Å². The quantitative estimate of drug-likeness (QED) is 0.494. The normalized spacial score (nSPS) is 27.0. The number of allylic oxidation sites excluding steroid dienone is 2. The van der Waals surface area contributed by atoms with Crippen molar-refractivity contribution in [3.8, 4) is 0 Å². The fourth-order valence-corrected chi connectivity index (χ4v) is 1.96. The van der Waals surface area contributed by atoms with Crippen molar-refractivity contribution in [3.63, 3.8) is 0 Å². The van der Waals surface area contributed by atoms with Crippen molar-refractivity contribution in [2.45, 2.75) is 13.1 Å². The summed E-state index contributed by atoms with van der Waals surface area (Å²) in [6.45, 7) is 1.84. The Morgan fingerprint density at radius 3 is 3.17 bits per heavy atom. The lowest BCUT2D eigenvalue weighted by Gasteiger charge is -2.10. The average Bonchev–Trinajstić information content (AvgIpc) is 2.48. The van der Waals surface area contributed by atoms with Crippen molar-refractivity contribution in [2.75, 3.05) is 0 Å². The molecule has 2 rings (SSSR count). The zero-order chi connectivity index (χ0) is 8.72. The molecule has 0 aromatic rings. The number of hydroxylamine groups is 1. The highest BCUT2D eigenvalue weighted by Crippen LogP contribution is 2.28. The van der Waals surface area contributed by atoms with Crippen LogP contribution in [0.25, 0.3) is 0 Å². The molecule has 12 heavy (non-hydrogen) atoms. The molecule has 2 aliphatic heterocycles. The Morgan fingerprint density at radius 1 is 1.67 bits per heavy atom. The number of hydrogen-bond acceptors (Lipinski definition) is 2. The largest absolute Gasteiger partial charge is 0.321 e. The van der Waals surface area contributed by atoms with Crippen LogP contribution in [0.4, 0.5) is 0 Å². The summed E-state index contributed by atoms with van der Waals surface area (Å²) in [5.74, 6) is 0. The summed E-state index contributed by atoms with van der Waals surface area (Å²) < 4.78 is 2.16. The van der Waals surface area contributed by atoms with Crippen LogP contribution in [0.2, 0.25) is 0 Å². The van der Waals surface area contributed by atoms with E-state index in [1.807, 2.05) is 19.1 Å². The Hall–Kier alpha value is -0.900. The first kappa shape index (κ1) is 7.73. The lowest BCUT2D eigenvalue weighted by molar-refractivity contribution is -0.792. The standard InChI is InChI=1S/C8H8BrN2O/c1-5-4-7(9)6-2-3-10-8(6)11(5)12/h2-4,8,12H,1H3/q+1. The third kappa shape index (κ3) is 0.948. The van der Waals surface area contributed by atoms with E-state index in [4.69, 9.17) is 0 Å². The molecule has 0 saturated carbocycles. The Kier molecular flexibility index (Phi) is 1.65. The first-order chi connectivity index (χ1) is 5.70. The van der Waals surface area contributed by atoms with Gasteiger partial charge in [0.25, 0.3) is 0 Å². The van der Waals surface area contributed by atoms with Crippen molar-refractivity contribution >= 4 is 27.9 Å². The van der Waals surface area contributed by atoms with E-state index in [-0.39, 0.29) is 6.17 Å². The SMILES string of the molecule is CC1=[N+](O)C2N=CC=C2C(Br)=C1. The number of aliphatic imine (C=N–C) groups is 1. The molecule has 2 aliphatic rings. The molecule has 3 nitrogen and oxygen atoms in total. The minimum Gasteiger partial charge on any atom is -0.288 e. The molecule has 0 amide bonds. The molecule has 4 heteroatoms. The van der Waals surface area contributed by atoms with Crippen LogP contribution in [0.1, 0.15) is 6.92 Å². The van der Waals surface area contributed by atoms with Gasteiger partial charge in [-0.3, -0.25) is 5.21 Å². The van der Waals surface area contributed by atoms with Gasteiger partial charge in [-0.2, -0.15) is 0 Å². The van der Waals surface area contributed by atoms with Gasteiger partial charge in [0, 0.05) is 28.4 Å². The number of halogens is 1. The van der Waals surface area contributed by atoms with Gasteiger partial charge >= 0.3 is 6.17 Å². The summed E-state index contributed by atoms with van der Waals surface area (Å²) in [6, 6.07) is 0. The summed E-state index contributed by atoms with van der Waals surface area (Å²) in [4.78, 5) is 4.11. The summed E-state index contributed by atoms with van der Waals surface area (Å²) >= 11 is 3.42. The predicted molar refractivity (Wildman–Crippen MR) is 50.1 cm³/mol. The molecule has 62 valence electrons. The number of rotatable bonds is 0. The van der Waals surface area contributed by atoms with Crippen LogP contribution in [0.3, 0.4) is 0 Å². The molecular formula is C8H8BrN2O+. The van der Waals surface area contributed by atoms with E-state index in [1.165, 1.54) is 4.74 Å². The predicted octanol–water partition coefficient (Wildman–Crippen LogP) is 1.48. The molecule has 1 atom stereocenters. The van der Waals surface area contributed by atoms with Crippen LogP contribution >= 0.6 is 15.9 Å². The van der Waals surface area contributed by atoms with E-state index in [9.17, 15) is 5.21 Å². The Balaban J connectivity index is 2.53. The molecule has 0 aromatic heterocycles. The van der Waals surface area contributed by atoms with Crippen LogP contribution in [0, 0.1) is 0 Å². The second kappa shape index (κ2) is 2.55. The van der Waals surface area contributed by atoms with Crippen LogP contribution in [0.5, 0.6) is 0 Å². The second-order valence-corrected chi connectivity index (χ2v) is 3.63. The van der Waals surface area contributed by atoms with Gasteiger partial charge < -0.3 is 0 Å². The molecular weight excluding hydrogens is 220 g/mol. The van der Waals surface area contributed by atoms with Gasteiger partial charge in [0.1, 0.15) is 0 Å². The fourth-order valence-electron chi connectivity index (χ4n) is 1.29. The molecule has 1 N–H and O–H groups in total. The molecule has 0 saturated heterocycles. The minimum atomic E-state index is -0.246. The van der Waals surface area contributed by atoms with E-state index < -0.39 is 0 Å². The van der Waals surface area contributed by atoms with Crippen molar-refractivity contribution in [3.05, 3.63) is 22.2 Å². The lowest BCUT2D eigenvalue weighted by Crippen LogP contribution is -2.29. The maximum Gasteiger partial charge on any atom is 0.321 e. The third-order valence-corrected chi connectivity index (χ3v) is 2.65. The van der Waals surface area contributed by atoms with Crippen molar-refractivity contribution < 1.29 is 9.95 Å². The van der Waals surface area contributed by atoms with E-state index >= 15 is 0 Å². The van der Waals surface area contributed by atoms with Gasteiger partial charge in [0.2, 0.25) is 5.71 Å². The molecule has 1 unspecified atom stereocenters. The first-order valence-corrected chi connectivity index (χ1v) is 4.42. The number of nitrogens with zero attached hydrogens (tertiary/aromatic N) is 2. The van der Waals surface area contributed by atoms with Crippen LogP contribution in [0.15, 0.2) is 27.2 Å². The average molecular weight is 228 g/mol. The Labute approximate surface area is 78.5 Å². The van der Waals surface area contributed by atoms with Crippen molar-refractivity contribution in [2.24, 2.45) is 4.99 Å². The highest BCUT2D eigenvalue weighted by Gasteiger charge is 2.34. The van der Waals surface area contributed by atoms with Gasteiger partial charge in [0.15, 0.2) is 0 Å². The smallest absolute Gasteiger partial charge is 0.288 e. The number of hydrogen-bond donors (Lipinski definition) is 1. The summed E-state index contributed by atoms with van der Waals surface area (Å²) in [6.07, 6.45) is 5.22. The molecule has 0 bridgehead atoms. The van der Waals surface area contributed by atoms with E-state index in [0.717, 1.165) is 15.8 Å². The molecule has 0 aliphatic carbocycles. The maximum absolute atomic E-state index is 9.54. The first-order valence-electron chi connectivity index (χ1n) is 3.63. The molecule has 0 aromatic carbocycles. The highest BCUT2D eigenvalue weighted by molar-refractivity contribution is 9.12. The summed E-state index contributed by atoms with van der Waals surface area (Å²) in [7, 11) is 0. The Bertz CT molecular complexity index is 352. The molecule has 0 spiro atoms. The van der Waals surface area contributed by atoms with Gasteiger partial charge in [-0.25, -0.2) is 4.99 Å². The monoisotopic (exact) mass is 227 g/mol. The maximum atomic E-state index is 9.54. The van der Waals surface area contributed by atoms with Crippen molar-refractivity contribution in [1.82, 2.24) is 0 Å². The minimum absolute atomic E-state index is 0.246. The lowest BCUT2D eigenvalue weighted by atomic mass is 10.1. The van der Waals surface area contributed by atoms with E-state index in [1.54, 1.807) is 6.21 Å². The van der Waals surface area contributed by atoms with Gasteiger partial charge in [0.05, 0.1) is 5.57 Å². The number of fused-ring (bicyclic) bond motifs is 1. The molecule has 0 radical (unpaired) electrons. The van der Waals surface area contributed by atoms with Crippen LogP contribution < -0.4 is 0 Å². The van der Waals surface area contributed by atoms with E-state index in [0.29, 0.717) is 0 Å². The third-order valence-electron chi connectivity index (χ3n) is 1.96. The zero-order valence-electron chi connectivity index (χ0n) is 6.53. The molecule has 2 heterocycles. The van der Waals surface area contributed by atoms with Gasteiger partial charge in [-0.15, -0.1) is 0 Å². The summed E-state index contributed by atoms with van der Waals surface area (Å²) in [5, 5.41) is 9.54. The van der Waals surface area contributed by atoms with E-state index in [2.05, 4.69) is 20.9 Å². The van der Waals surface area contributed by atoms with Gasteiger partial charge in [-0.05, 0) is 22.0 Å². The second-order valence-electron chi connectivity index (χ2n) is 2.77. The fraction of sp³-hybridized carbons (Fsp3) is 0.250. The van der Waals surface area contributed by atoms with Crippen LogP contribution in [-0.2, 0) is 0 Å².